The number of halogens is 3. The zero-order chi connectivity index (χ0) is 18.2. The van der Waals surface area contributed by atoms with Gasteiger partial charge in [-0.3, -0.25) is 9.59 Å². The third-order valence-corrected chi connectivity index (χ3v) is 4.09. The SMILES string of the molecule is CC(=O)N1CCc2ccc(NC(=O)c3ccc(C(F)(F)F)cc3)cc21. The predicted molar refractivity (Wildman–Crippen MR) is 87.6 cm³/mol. The van der Waals surface area contributed by atoms with E-state index in [1.54, 1.807) is 17.0 Å². The van der Waals surface area contributed by atoms with Gasteiger partial charge in [-0.05, 0) is 48.4 Å². The first-order valence-electron chi connectivity index (χ1n) is 7.65. The van der Waals surface area contributed by atoms with Crippen molar-refractivity contribution >= 4 is 23.2 Å². The second-order valence-electron chi connectivity index (χ2n) is 5.79. The smallest absolute Gasteiger partial charge is 0.322 e. The quantitative estimate of drug-likeness (QED) is 0.896. The van der Waals surface area contributed by atoms with E-state index in [0.717, 1.165) is 41.9 Å². The topological polar surface area (TPSA) is 49.4 Å². The zero-order valence-corrected chi connectivity index (χ0v) is 13.4. The molecule has 1 heterocycles. The van der Waals surface area contributed by atoms with Crippen molar-refractivity contribution in [3.63, 3.8) is 0 Å². The average molecular weight is 348 g/mol. The van der Waals surface area contributed by atoms with Crippen molar-refractivity contribution in [3.8, 4) is 0 Å². The molecule has 7 heteroatoms. The number of nitrogens with zero attached hydrogens (tertiary/aromatic N) is 1. The van der Waals surface area contributed by atoms with Gasteiger partial charge in [0.15, 0.2) is 0 Å². The Balaban J connectivity index is 1.78. The maximum Gasteiger partial charge on any atom is 0.416 e. The maximum absolute atomic E-state index is 12.6. The lowest BCUT2D eigenvalue weighted by atomic mass is 10.1. The lowest BCUT2D eigenvalue weighted by molar-refractivity contribution is -0.137. The number of carbonyl (C=O) groups excluding carboxylic acids is 2. The Morgan fingerprint density at radius 1 is 1.08 bits per heavy atom. The molecule has 0 bridgehead atoms. The number of anilines is 2. The van der Waals surface area contributed by atoms with Crippen LogP contribution >= 0.6 is 0 Å². The van der Waals surface area contributed by atoms with Crippen LogP contribution in [0.25, 0.3) is 0 Å². The monoisotopic (exact) mass is 348 g/mol. The molecular weight excluding hydrogens is 333 g/mol. The first-order valence-corrected chi connectivity index (χ1v) is 7.65. The Labute approximate surface area is 142 Å². The fraction of sp³-hybridized carbons (Fsp3) is 0.222. The predicted octanol–water partition coefficient (Wildman–Crippen LogP) is 3.87. The van der Waals surface area contributed by atoms with Crippen LogP contribution in [-0.4, -0.2) is 18.4 Å². The third-order valence-electron chi connectivity index (χ3n) is 4.09. The van der Waals surface area contributed by atoms with Crippen molar-refractivity contribution in [2.75, 3.05) is 16.8 Å². The van der Waals surface area contributed by atoms with E-state index < -0.39 is 17.6 Å². The molecule has 0 fully saturated rings. The Morgan fingerprint density at radius 2 is 1.76 bits per heavy atom. The summed E-state index contributed by atoms with van der Waals surface area (Å²) in [5, 5.41) is 2.65. The van der Waals surface area contributed by atoms with E-state index in [-0.39, 0.29) is 11.5 Å². The van der Waals surface area contributed by atoms with Gasteiger partial charge in [0.2, 0.25) is 5.91 Å². The van der Waals surface area contributed by atoms with Crippen LogP contribution in [0.5, 0.6) is 0 Å². The van der Waals surface area contributed by atoms with Gasteiger partial charge in [0.25, 0.3) is 5.91 Å². The van der Waals surface area contributed by atoms with Gasteiger partial charge in [-0.25, -0.2) is 0 Å². The van der Waals surface area contributed by atoms with Gasteiger partial charge in [-0.2, -0.15) is 13.2 Å². The van der Waals surface area contributed by atoms with Crippen LogP contribution in [0.15, 0.2) is 42.5 Å². The Bertz CT molecular complexity index is 829. The van der Waals surface area contributed by atoms with Crippen molar-refractivity contribution in [3.05, 3.63) is 59.2 Å². The van der Waals surface area contributed by atoms with Crippen molar-refractivity contribution in [2.24, 2.45) is 0 Å². The van der Waals surface area contributed by atoms with Crippen molar-refractivity contribution in [1.29, 1.82) is 0 Å². The minimum Gasteiger partial charge on any atom is -0.322 e. The van der Waals surface area contributed by atoms with Gasteiger partial charge in [0, 0.05) is 30.4 Å². The van der Waals surface area contributed by atoms with E-state index in [2.05, 4.69) is 5.32 Å². The molecule has 1 N–H and O–H groups in total. The largest absolute Gasteiger partial charge is 0.416 e. The van der Waals surface area contributed by atoms with E-state index >= 15 is 0 Å². The first kappa shape index (κ1) is 17.0. The second kappa shape index (κ2) is 6.23. The lowest BCUT2D eigenvalue weighted by Crippen LogP contribution is -2.25. The fourth-order valence-corrected chi connectivity index (χ4v) is 2.80. The van der Waals surface area contributed by atoms with Crippen LogP contribution in [0.1, 0.15) is 28.4 Å². The van der Waals surface area contributed by atoms with Crippen LogP contribution < -0.4 is 10.2 Å². The number of fused-ring (bicyclic) bond motifs is 1. The van der Waals surface area contributed by atoms with Gasteiger partial charge in [-0.15, -0.1) is 0 Å². The molecule has 2 aromatic rings. The standard InChI is InChI=1S/C18H15F3N2O2/c1-11(24)23-9-8-12-4-7-15(10-16(12)23)22-17(25)13-2-5-14(6-3-13)18(19,20)21/h2-7,10H,8-9H2,1H3,(H,22,25). The minimum absolute atomic E-state index is 0.0787. The molecule has 4 nitrogen and oxygen atoms in total. The minimum atomic E-state index is -4.44. The third kappa shape index (κ3) is 3.50. The molecule has 130 valence electrons. The van der Waals surface area contributed by atoms with E-state index in [9.17, 15) is 22.8 Å². The molecule has 0 aromatic heterocycles. The summed E-state index contributed by atoms with van der Waals surface area (Å²) < 4.78 is 37.7. The van der Waals surface area contributed by atoms with Gasteiger partial charge in [-0.1, -0.05) is 6.07 Å². The molecule has 0 saturated heterocycles. The fourth-order valence-electron chi connectivity index (χ4n) is 2.80. The number of amides is 2. The summed E-state index contributed by atoms with van der Waals surface area (Å²) in [4.78, 5) is 25.5. The number of alkyl halides is 3. The van der Waals surface area contributed by atoms with E-state index in [0.29, 0.717) is 12.2 Å². The molecule has 0 aliphatic carbocycles. The summed E-state index contributed by atoms with van der Waals surface area (Å²) in [6.45, 7) is 2.07. The van der Waals surface area contributed by atoms with Gasteiger partial charge < -0.3 is 10.2 Å². The second-order valence-corrected chi connectivity index (χ2v) is 5.79. The first-order chi connectivity index (χ1) is 11.8. The number of carbonyl (C=O) groups is 2. The summed E-state index contributed by atoms with van der Waals surface area (Å²) in [6, 6.07) is 9.25. The highest BCUT2D eigenvalue weighted by molar-refractivity contribution is 6.05. The summed E-state index contributed by atoms with van der Waals surface area (Å²) in [5.41, 5.74) is 1.56. The number of nitrogens with one attached hydrogen (secondary N) is 1. The molecule has 1 aliphatic heterocycles. The Hall–Kier alpha value is -2.83. The number of hydrogen-bond acceptors (Lipinski definition) is 2. The van der Waals surface area contributed by atoms with E-state index in [4.69, 9.17) is 0 Å². The van der Waals surface area contributed by atoms with Crippen molar-refractivity contribution in [1.82, 2.24) is 0 Å². The molecule has 0 radical (unpaired) electrons. The van der Waals surface area contributed by atoms with Crippen LogP contribution in [-0.2, 0) is 17.4 Å². The van der Waals surface area contributed by atoms with Crippen molar-refractivity contribution < 1.29 is 22.8 Å². The number of benzene rings is 2. The molecule has 2 aromatic carbocycles. The highest BCUT2D eigenvalue weighted by Crippen LogP contribution is 2.31. The van der Waals surface area contributed by atoms with E-state index in [1.165, 1.54) is 6.92 Å². The molecule has 25 heavy (non-hydrogen) atoms. The van der Waals surface area contributed by atoms with Crippen LogP contribution in [0.2, 0.25) is 0 Å². The molecule has 0 saturated carbocycles. The summed E-state index contributed by atoms with van der Waals surface area (Å²) in [6.07, 6.45) is -3.69. The molecule has 0 spiro atoms. The Kier molecular flexibility index (Phi) is 4.24. The average Bonchev–Trinajstić information content (AvgIpc) is 2.97. The summed E-state index contributed by atoms with van der Waals surface area (Å²) >= 11 is 0. The summed E-state index contributed by atoms with van der Waals surface area (Å²) in [5.74, 6) is -0.592. The van der Waals surface area contributed by atoms with Gasteiger partial charge in [0.1, 0.15) is 0 Å². The number of hydrogen-bond donors (Lipinski definition) is 1. The molecule has 1 aliphatic rings. The zero-order valence-electron chi connectivity index (χ0n) is 13.4. The number of rotatable bonds is 2. The van der Waals surface area contributed by atoms with Crippen molar-refractivity contribution in [2.45, 2.75) is 19.5 Å². The molecule has 3 rings (SSSR count). The van der Waals surface area contributed by atoms with Gasteiger partial charge in [0.05, 0.1) is 5.56 Å². The molecule has 0 atom stereocenters. The molecule has 2 amide bonds. The van der Waals surface area contributed by atoms with Gasteiger partial charge >= 0.3 is 6.18 Å². The van der Waals surface area contributed by atoms with Crippen LogP contribution in [0, 0.1) is 0 Å². The maximum atomic E-state index is 12.6. The Morgan fingerprint density at radius 3 is 2.36 bits per heavy atom. The highest BCUT2D eigenvalue weighted by Gasteiger charge is 2.30. The molecule has 0 unspecified atom stereocenters. The lowest BCUT2D eigenvalue weighted by Gasteiger charge is -2.16. The summed E-state index contributed by atoms with van der Waals surface area (Å²) in [7, 11) is 0. The van der Waals surface area contributed by atoms with E-state index in [1.807, 2.05) is 6.07 Å². The highest BCUT2D eigenvalue weighted by atomic mass is 19.4. The molecular formula is C18H15F3N2O2. The normalized spacial score (nSPS) is 13.5. The van der Waals surface area contributed by atoms with Crippen LogP contribution in [0.3, 0.4) is 0 Å². The van der Waals surface area contributed by atoms with Crippen LogP contribution in [0.4, 0.5) is 24.5 Å².